The van der Waals surface area contributed by atoms with Crippen LogP contribution in [0.15, 0.2) is 53.2 Å². The molecular weight excluding hydrogens is 346 g/mol. The fraction of sp³-hybridized carbons (Fsp3) is 0.100. The van der Waals surface area contributed by atoms with E-state index in [1.165, 1.54) is 0 Å². The first-order chi connectivity index (χ1) is 13.1. The van der Waals surface area contributed by atoms with E-state index in [2.05, 4.69) is 15.7 Å². The second-order valence-corrected chi connectivity index (χ2v) is 5.47. The van der Waals surface area contributed by atoms with Crippen LogP contribution in [0.4, 0.5) is 0 Å². The number of nitriles is 1. The molecule has 7 nitrogen and oxygen atoms in total. The van der Waals surface area contributed by atoms with Gasteiger partial charge in [0.25, 0.3) is 5.69 Å². The lowest BCUT2D eigenvalue weighted by Gasteiger charge is -2.06. The van der Waals surface area contributed by atoms with Gasteiger partial charge in [-0.15, -0.1) is 12.3 Å². The lowest BCUT2D eigenvalue weighted by atomic mass is 10.0. The molecule has 0 amide bonds. The number of benzene rings is 2. The number of hydrogen-bond acceptors (Lipinski definition) is 6. The maximum atomic E-state index is 12.6. The van der Waals surface area contributed by atoms with Crippen molar-refractivity contribution in [2.75, 3.05) is 6.61 Å². The molecule has 27 heavy (non-hydrogen) atoms. The summed E-state index contributed by atoms with van der Waals surface area (Å²) >= 11 is 0. The Labute approximate surface area is 154 Å². The number of hydrogen-bond donors (Lipinski definition) is 0. The van der Waals surface area contributed by atoms with Gasteiger partial charge in [-0.05, 0) is 41.3 Å². The number of aromatic nitrogens is 2. The van der Waals surface area contributed by atoms with Gasteiger partial charge >= 0.3 is 5.69 Å². The lowest BCUT2D eigenvalue weighted by Crippen LogP contribution is -2.26. The molecule has 0 spiro atoms. The Morgan fingerprint density at radius 3 is 2.41 bits per heavy atom. The minimum absolute atomic E-state index is 0.0433. The van der Waals surface area contributed by atoms with Gasteiger partial charge in [-0.2, -0.15) is 5.26 Å². The fourth-order valence-electron chi connectivity index (χ4n) is 2.41. The molecule has 0 aliphatic carbocycles. The fourth-order valence-corrected chi connectivity index (χ4v) is 2.41. The molecule has 1 heterocycles. The van der Waals surface area contributed by atoms with E-state index >= 15 is 0 Å². The quantitative estimate of drug-likeness (QED) is 0.290. The molecule has 3 aromatic rings. The predicted octanol–water partition coefficient (Wildman–Crippen LogP) is 2.48. The highest BCUT2D eigenvalue weighted by Crippen LogP contribution is 2.21. The third-order valence-corrected chi connectivity index (χ3v) is 3.77. The van der Waals surface area contributed by atoms with E-state index in [0.29, 0.717) is 35.5 Å². The van der Waals surface area contributed by atoms with Crippen LogP contribution in [0, 0.1) is 28.9 Å². The molecule has 1 aromatic heterocycles. The number of nitrogens with zero attached hydrogens (tertiary/aromatic N) is 3. The number of ether oxygens (including phenoxy) is 1. The summed E-state index contributed by atoms with van der Waals surface area (Å²) in [7, 11) is 0. The molecule has 7 heteroatoms. The first kappa shape index (κ1) is 17.7. The van der Waals surface area contributed by atoms with E-state index in [-0.39, 0.29) is 22.1 Å². The highest BCUT2D eigenvalue weighted by molar-refractivity contribution is 6.09. The van der Waals surface area contributed by atoms with Crippen LogP contribution in [-0.4, -0.2) is 17.5 Å². The molecule has 0 aliphatic heterocycles. The Kier molecular flexibility index (Phi) is 5.15. The standard InChI is InChI=1S/C20H13N3O4/c1-2-3-12-26-17-10-8-16(9-11-17)20(24)15-6-4-14(5-7-15)19-18(13-21)23(25)27-22-19/h1,4-11H,3,12H2. The van der Waals surface area contributed by atoms with Crippen LogP contribution < -0.4 is 9.64 Å². The predicted molar refractivity (Wildman–Crippen MR) is 94.4 cm³/mol. The van der Waals surface area contributed by atoms with Crippen LogP contribution >= 0.6 is 0 Å². The van der Waals surface area contributed by atoms with E-state index in [4.69, 9.17) is 16.4 Å². The lowest BCUT2D eigenvalue weighted by molar-refractivity contribution is -0.804. The van der Waals surface area contributed by atoms with Gasteiger partial charge in [0.05, 0.1) is 6.61 Å². The van der Waals surface area contributed by atoms with Gasteiger partial charge in [0, 0.05) is 28.3 Å². The van der Waals surface area contributed by atoms with Crippen LogP contribution in [-0.2, 0) is 0 Å². The smallest absolute Gasteiger partial charge is 0.302 e. The van der Waals surface area contributed by atoms with Gasteiger partial charge in [-0.1, -0.05) is 12.1 Å². The normalized spacial score (nSPS) is 10.0. The zero-order valence-electron chi connectivity index (χ0n) is 14.1. The highest BCUT2D eigenvalue weighted by atomic mass is 16.8. The minimum Gasteiger partial charge on any atom is -0.493 e. The van der Waals surface area contributed by atoms with Crippen molar-refractivity contribution in [3.05, 3.63) is 70.6 Å². The van der Waals surface area contributed by atoms with Crippen LogP contribution in [0.2, 0.25) is 0 Å². The molecule has 0 atom stereocenters. The molecule has 0 saturated heterocycles. The van der Waals surface area contributed by atoms with Crippen LogP contribution in [0.1, 0.15) is 28.0 Å². The maximum absolute atomic E-state index is 12.6. The summed E-state index contributed by atoms with van der Waals surface area (Å²) in [6, 6.07) is 14.9. The zero-order chi connectivity index (χ0) is 19.2. The number of carbonyl (C=O) groups excluding carboxylic acids is 1. The summed E-state index contributed by atoms with van der Waals surface area (Å²) in [6.45, 7) is 0.418. The average molecular weight is 359 g/mol. The van der Waals surface area contributed by atoms with Crippen molar-refractivity contribution in [2.45, 2.75) is 6.42 Å². The Balaban J connectivity index is 1.76. The summed E-state index contributed by atoms with van der Waals surface area (Å²) in [6.07, 6.45) is 5.68. The molecule has 3 rings (SSSR count). The number of terminal acetylenes is 1. The van der Waals surface area contributed by atoms with E-state index in [1.807, 2.05) is 0 Å². The second-order valence-electron chi connectivity index (χ2n) is 5.47. The maximum Gasteiger partial charge on any atom is 0.302 e. The first-order valence-electron chi connectivity index (χ1n) is 7.95. The summed E-state index contributed by atoms with van der Waals surface area (Å²) in [5.41, 5.74) is 1.34. The van der Waals surface area contributed by atoms with E-state index in [1.54, 1.807) is 54.6 Å². The number of ketones is 1. The van der Waals surface area contributed by atoms with Crippen molar-refractivity contribution in [3.63, 3.8) is 0 Å². The van der Waals surface area contributed by atoms with E-state index < -0.39 is 0 Å². The van der Waals surface area contributed by atoms with Gasteiger partial charge in [-0.25, -0.2) is 0 Å². The molecular formula is C20H13N3O4. The first-order valence-corrected chi connectivity index (χ1v) is 7.95. The minimum atomic E-state index is -0.241. The van der Waals surface area contributed by atoms with Crippen molar-refractivity contribution in [3.8, 4) is 35.4 Å². The monoisotopic (exact) mass is 359 g/mol. The summed E-state index contributed by atoms with van der Waals surface area (Å²) in [5, 5.41) is 23.9. The molecule has 0 aliphatic rings. The molecule has 132 valence electrons. The number of carbonyl (C=O) groups is 1. The Morgan fingerprint density at radius 2 is 1.81 bits per heavy atom. The summed E-state index contributed by atoms with van der Waals surface area (Å²) in [4.78, 5) is 12.6. The third kappa shape index (κ3) is 3.78. The van der Waals surface area contributed by atoms with Crippen molar-refractivity contribution in [1.29, 1.82) is 5.26 Å². The van der Waals surface area contributed by atoms with Crippen molar-refractivity contribution >= 4 is 5.78 Å². The van der Waals surface area contributed by atoms with Gasteiger partial charge in [0.15, 0.2) is 11.9 Å². The van der Waals surface area contributed by atoms with E-state index in [9.17, 15) is 10.0 Å². The van der Waals surface area contributed by atoms with Crippen molar-refractivity contribution < 1.29 is 19.1 Å². The Hall–Kier alpha value is -4.10. The molecule has 0 N–H and O–H groups in total. The van der Waals surface area contributed by atoms with Crippen molar-refractivity contribution in [2.24, 2.45) is 0 Å². The summed E-state index contributed by atoms with van der Waals surface area (Å²) in [5.74, 6) is 2.96. The van der Waals surface area contributed by atoms with Crippen LogP contribution in [0.25, 0.3) is 11.3 Å². The molecule has 2 aromatic carbocycles. The van der Waals surface area contributed by atoms with Crippen LogP contribution in [0.3, 0.4) is 0 Å². The topological polar surface area (TPSA) is 103 Å². The third-order valence-electron chi connectivity index (χ3n) is 3.77. The number of rotatable bonds is 6. The molecule has 0 fully saturated rings. The molecule has 0 radical (unpaired) electrons. The van der Waals surface area contributed by atoms with Crippen LogP contribution in [0.5, 0.6) is 5.75 Å². The highest BCUT2D eigenvalue weighted by Gasteiger charge is 2.21. The largest absolute Gasteiger partial charge is 0.493 e. The van der Waals surface area contributed by atoms with E-state index in [0.717, 1.165) is 0 Å². The second kappa shape index (κ2) is 7.85. The molecule has 0 saturated carbocycles. The summed E-state index contributed by atoms with van der Waals surface area (Å²) < 4.78 is 9.89. The van der Waals surface area contributed by atoms with Gasteiger partial charge in [-0.3, -0.25) is 9.42 Å². The van der Waals surface area contributed by atoms with Crippen molar-refractivity contribution in [1.82, 2.24) is 5.16 Å². The van der Waals surface area contributed by atoms with Gasteiger partial charge < -0.3 is 9.94 Å². The Morgan fingerprint density at radius 1 is 1.19 bits per heavy atom. The Bertz CT molecular complexity index is 1040. The molecule has 0 unspecified atom stereocenters. The zero-order valence-corrected chi connectivity index (χ0v) is 14.1. The SMILES string of the molecule is C#CCCOc1ccc(C(=O)c2ccc(-c3no[n+]([O-])c3C#N)cc2)cc1. The van der Waals surface area contributed by atoms with Gasteiger partial charge in [0.2, 0.25) is 0 Å². The molecule has 0 bridgehead atoms. The average Bonchev–Trinajstić information content (AvgIpc) is 3.09. The van der Waals surface area contributed by atoms with Gasteiger partial charge in [0.1, 0.15) is 5.75 Å².